The topological polar surface area (TPSA) is 17.1 Å². The third-order valence-electron chi connectivity index (χ3n) is 2.68. The van der Waals surface area contributed by atoms with Crippen LogP contribution in [0.1, 0.15) is 45.4 Å². The molecule has 0 amide bonds. The monoisotopic (exact) mass is 200 g/mol. The normalized spacial score (nSPS) is 22.5. The largest absolute Gasteiger partial charge is 0.299 e. The first kappa shape index (κ1) is 11.1. The van der Waals surface area contributed by atoms with E-state index in [0.717, 1.165) is 25.7 Å². The first-order chi connectivity index (χ1) is 6.34. The van der Waals surface area contributed by atoms with Crippen molar-refractivity contribution >= 4 is 17.5 Å². The minimum atomic E-state index is 0.425. The highest BCUT2D eigenvalue weighted by Crippen LogP contribution is 2.25. The number of ketones is 1. The molecule has 1 saturated carbocycles. The van der Waals surface area contributed by atoms with E-state index in [9.17, 15) is 4.79 Å². The standard InChI is InChI=1S/C11H20OS/c1-2-3-8-13-9-7-10-5-4-6-11(10)12/h10H,2-9H2,1H3. The van der Waals surface area contributed by atoms with Crippen LogP contribution in [0, 0.1) is 5.92 Å². The van der Waals surface area contributed by atoms with Crippen LogP contribution in [0.15, 0.2) is 0 Å². The number of Topliss-reactive ketones (excluding diaryl/α,β-unsaturated/α-hetero) is 1. The maximum atomic E-state index is 11.3. The zero-order valence-electron chi connectivity index (χ0n) is 8.55. The molecule has 0 aromatic heterocycles. The van der Waals surface area contributed by atoms with Gasteiger partial charge in [-0.15, -0.1) is 0 Å². The molecule has 0 heterocycles. The van der Waals surface area contributed by atoms with Gasteiger partial charge in [-0.1, -0.05) is 13.3 Å². The molecule has 76 valence electrons. The second-order valence-corrected chi connectivity index (χ2v) is 5.03. The fraction of sp³-hybridized carbons (Fsp3) is 0.909. The van der Waals surface area contributed by atoms with Gasteiger partial charge in [-0.25, -0.2) is 0 Å². The number of hydrogen-bond acceptors (Lipinski definition) is 2. The van der Waals surface area contributed by atoms with Gasteiger partial charge in [0.15, 0.2) is 0 Å². The molecule has 0 N–H and O–H groups in total. The first-order valence-electron chi connectivity index (χ1n) is 5.45. The Morgan fingerprint density at radius 2 is 2.31 bits per heavy atom. The summed E-state index contributed by atoms with van der Waals surface area (Å²) in [5.41, 5.74) is 0. The van der Waals surface area contributed by atoms with Gasteiger partial charge in [0.2, 0.25) is 0 Å². The number of thioether (sulfide) groups is 1. The van der Waals surface area contributed by atoms with Crippen molar-refractivity contribution in [2.24, 2.45) is 5.92 Å². The highest BCUT2D eigenvalue weighted by atomic mass is 32.2. The summed E-state index contributed by atoms with van der Waals surface area (Å²) in [6.45, 7) is 2.22. The van der Waals surface area contributed by atoms with Gasteiger partial charge in [-0.2, -0.15) is 11.8 Å². The number of carbonyl (C=O) groups is 1. The van der Waals surface area contributed by atoms with E-state index in [1.807, 2.05) is 11.8 Å². The fourth-order valence-electron chi connectivity index (χ4n) is 1.77. The van der Waals surface area contributed by atoms with Gasteiger partial charge >= 0.3 is 0 Å². The third kappa shape index (κ3) is 4.17. The zero-order valence-corrected chi connectivity index (χ0v) is 9.37. The summed E-state index contributed by atoms with van der Waals surface area (Å²) < 4.78 is 0. The maximum absolute atomic E-state index is 11.3. The second-order valence-electron chi connectivity index (χ2n) is 3.81. The SMILES string of the molecule is CCCCSCCC1CCCC1=O. The Morgan fingerprint density at radius 3 is 2.92 bits per heavy atom. The van der Waals surface area contributed by atoms with Crippen molar-refractivity contribution in [3.8, 4) is 0 Å². The number of hydrogen-bond donors (Lipinski definition) is 0. The van der Waals surface area contributed by atoms with Gasteiger partial charge in [0.25, 0.3) is 0 Å². The Kier molecular flexibility index (Phi) is 5.52. The summed E-state index contributed by atoms with van der Waals surface area (Å²) in [5, 5.41) is 0. The van der Waals surface area contributed by atoms with E-state index in [1.165, 1.54) is 24.3 Å². The van der Waals surface area contributed by atoms with Crippen molar-refractivity contribution in [2.75, 3.05) is 11.5 Å². The Hall–Kier alpha value is 0.0200. The van der Waals surface area contributed by atoms with Crippen molar-refractivity contribution in [3.05, 3.63) is 0 Å². The molecule has 0 spiro atoms. The third-order valence-corrected chi connectivity index (χ3v) is 3.79. The average Bonchev–Trinajstić information content (AvgIpc) is 2.52. The summed E-state index contributed by atoms with van der Waals surface area (Å²) in [5.74, 6) is 3.42. The number of unbranched alkanes of at least 4 members (excludes halogenated alkanes) is 1. The molecule has 13 heavy (non-hydrogen) atoms. The van der Waals surface area contributed by atoms with Crippen molar-refractivity contribution in [3.63, 3.8) is 0 Å². The van der Waals surface area contributed by atoms with Crippen molar-refractivity contribution < 1.29 is 4.79 Å². The zero-order chi connectivity index (χ0) is 9.52. The molecule has 1 aliphatic carbocycles. The quantitative estimate of drug-likeness (QED) is 0.612. The summed E-state index contributed by atoms with van der Waals surface area (Å²) in [4.78, 5) is 11.3. The van der Waals surface area contributed by atoms with Crippen LogP contribution >= 0.6 is 11.8 Å². The second kappa shape index (κ2) is 6.47. The molecule has 0 radical (unpaired) electrons. The van der Waals surface area contributed by atoms with Crippen molar-refractivity contribution in [1.82, 2.24) is 0 Å². The van der Waals surface area contributed by atoms with Gasteiger partial charge in [-0.05, 0) is 37.2 Å². The molecule has 2 heteroatoms. The predicted octanol–water partition coefficient (Wildman–Crippen LogP) is 3.28. The van der Waals surface area contributed by atoms with E-state index in [-0.39, 0.29) is 0 Å². The highest BCUT2D eigenvalue weighted by molar-refractivity contribution is 7.99. The van der Waals surface area contributed by atoms with Crippen LogP contribution < -0.4 is 0 Å². The molecule has 1 fully saturated rings. The minimum absolute atomic E-state index is 0.425. The summed E-state index contributed by atoms with van der Waals surface area (Å²) in [6, 6.07) is 0. The Balaban J connectivity index is 1.96. The Bertz CT molecular complexity index is 156. The van der Waals surface area contributed by atoms with E-state index in [0.29, 0.717) is 11.7 Å². The van der Waals surface area contributed by atoms with Crippen molar-refractivity contribution in [1.29, 1.82) is 0 Å². The van der Waals surface area contributed by atoms with E-state index in [2.05, 4.69) is 6.92 Å². The average molecular weight is 200 g/mol. The van der Waals surface area contributed by atoms with Crippen molar-refractivity contribution in [2.45, 2.75) is 45.4 Å². The summed E-state index contributed by atoms with van der Waals surface area (Å²) >= 11 is 2.01. The van der Waals surface area contributed by atoms with Crippen LogP contribution in [0.25, 0.3) is 0 Å². The highest BCUT2D eigenvalue weighted by Gasteiger charge is 2.23. The van der Waals surface area contributed by atoms with E-state index < -0.39 is 0 Å². The van der Waals surface area contributed by atoms with E-state index in [1.54, 1.807) is 0 Å². The van der Waals surface area contributed by atoms with E-state index in [4.69, 9.17) is 0 Å². The Labute approximate surface area is 85.7 Å². The van der Waals surface area contributed by atoms with Gasteiger partial charge in [0.05, 0.1) is 0 Å². The van der Waals surface area contributed by atoms with Gasteiger partial charge in [-0.3, -0.25) is 4.79 Å². The van der Waals surface area contributed by atoms with E-state index >= 15 is 0 Å². The van der Waals surface area contributed by atoms with Crippen LogP contribution in [-0.4, -0.2) is 17.3 Å². The molecule has 1 aliphatic rings. The fourth-order valence-corrected chi connectivity index (χ4v) is 2.92. The minimum Gasteiger partial charge on any atom is -0.299 e. The number of carbonyl (C=O) groups excluding carboxylic acids is 1. The summed E-state index contributed by atoms with van der Waals surface area (Å²) in [7, 11) is 0. The molecule has 0 aromatic carbocycles. The first-order valence-corrected chi connectivity index (χ1v) is 6.60. The van der Waals surface area contributed by atoms with Gasteiger partial charge in [0.1, 0.15) is 5.78 Å². The number of rotatable bonds is 6. The predicted molar refractivity (Wildman–Crippen MR) is 59.2 cm³/mol. The molecule has 0 saturated heterocycles. The molecule has 0 aromatic rings. The lowest BCUT2D eigenvalue weighted by Crippen LogP contribution is -2.07. The smallest absolute Gasteiger partial charge is 0.136 e. The molecule has 1 rings (SSSR count). The lowest BCUT2D eigenvalue weighted by Gasteiger charge is -2.06. The maximum Gasteiger partial charge on any atom is 0.136 e. The van der Waals surface area contributed by atoms with Crippen LogP contribution in [0.5, 0.6) is 0 Å². The molecule has 1 nitrogen and oxygen atoms in total. The molecule has 0 bridgehead atoms. The van der Waals surface area contributed by atoms with Crippen LogP contribution in [0.2, 0.25) is 0 Å². The molecular weight excluding hydrogens is 180 g/mol. The van der Waals surface area contributed by atoms with Crippen LogP contribution in [-0.2, 0) is 4.79 Å². The van der Waals surface area contributed by atoms with Gasteiger partial charge < -0.3 is 0 Å². The Morgan fingerprint density at radius 1 is 1.46 bits per heavy atom. The van der Waals surface area contributed by atoms with Crippen LogP contribution in [0.4, 0.5) is 0 Å². The molecule has 1 atom stereocenters. The van der Waals surface area contributed by atoms with Gasteiger partial charge in [0, 0.05) is 12.3 Å². The molecular formula is C11H20OS. The molecule has 0 aliphatic heterocycles. The lowest BCUT2D eigenvalue weighted by molar-refractivity contribution is -0.120. The van der Waals surface area contributed by atoms with Crippen LogP contribution in [0.3, 0.4) is 0 Å². The summed E-state index contributed by atoms with van der Waals surface area (Å²) in [6.07, 6.45) is 6.90. The lowest BCUT2D eigenvalue weighted by atomic mass is 10.1. The molecule has 1 unspecified atom stereocenters.